The first-order chi connectivity index (χ1) is 7.72. The van der Waals surface area contributed by atoms with Crippen LogP contribution in [0.25, 0.3) is 11.6 Å². The summed E-state index contributed by atoms with van der Waals surface area (Å²) in [5, 5.41) is 6.29. The minimum absolute atomic E-state index is 0.222. The Balaban J connectivity index is 2.49. The second kappa shape index (κ2) is 4.13. The molecule has 0 saturated heterocycles. The van der Waals surface area contributed by atoms with Crippen molar-refractivity contribution in [3.8, 4) is 11.6 Å². The van der Waals surface area contributed by atoms with Gasteiger partial charge in [-0.25, -0.2) is 9.97 Å². The van der Waals surface area contributed by atoms with E-state index in [-0.39, 0.29) is 11.4 Å². The molecular weight excluding hydrogens is 208 g/mol. The van der Waals surface area contributed by atoms with E-state index < -0.39 is 0 Å². The third-order valence-electron chi connectivity index (χ3n) is 2.19. The van der Waals surface area contributed by atoms with Crippen LogP contribution in [0.2, 0.25) is 0 Å². The molecule has 7 heteroatoms. The molecule has 0 unspecified atom stereocenters. The fourth-order valence-electron chi connectivity index (χ4n) is 1.44. The Labute approximate surface area is 91.1 Å². The molecule has 0 aliphatic rings. The van der Waals surface area contributed by atoms with E-state index in [9.17, 15) is 4.79 Å². The van der Waals surface area contributed by atoms with Crippen molar-refractivity contribution in [2.45, 2.75) is 19.8 Å². The number of aromatic amines is 2. The van der Waals surface area contributed by atoms with Crippen LogP contribution in [-0.2, 0) is 6.42 Å². The number of hydrogen-bond donors (Lipinski definition) is 3. The first kappa shape index (κ1) is 10.3. The maximum atomic E-state index is 11.7. The fraction of sp³-hybridized carbons (Fsp3) is 0.333. The number of nitrogens with two attached hydrogens (primary N) is 1. The molecule has 0 spiro atoms. The molecule has 2 heterocycles. The summed E-state index contributed by atoms with van der Waals surface area (Å²) >= 11 is 0. The lowest BCUT2D eigenvalue weighted by atomic mass is 10.2. The van der Waals surface area contributed by atoms with Crippen LogP contribution < -0.4 is 11.3 Å². The van der Waals surface area contributed by atoms with Gasteiger partial charge in [0.1, 0.15) is 12.1 Å². The molecule has 0 aliphatic heterocycles. The predicted molar refractivity (Wildman–Crippen MR) is 58.6 cm³/mol. The average molecular weight is 220 g/mol. The van der Waals surface area contributed by atoms with Gasteiger partial charge in [0.2, 0.25) is 0 Å². The summed E-state index contributed by atoms with van der Waals surface area (Å²) in [6.07, 6.45) is 2.80. The van der Waals surface area contributed by atoms with E-state index in [4.69, 9.17) is 5.73 Å². The molecule has 2 aromatic rings. The van der Waals surface area contributed by atoms with E-state index in [2.05, 4.69) is 25.1 Å². The minimum Gasteiger partial charge on any atom is -0.383 e. The molecular formula is C9H12N6O. The number of nitrogens with one attached hydrogen (secondary N) is 2. The molecule has 0 atom stereocenters. The van der Waals surface area contributed by atoms with E-state index in [1.807, 2.05) is 6.92 Å². The molecule has 0 bridgehead atoms. The van der Waals surface area contributed by atoms with Crippen molar-refractivity contribution in [3.63, 3.8) is 0 Å². The fourth-order valence-corrected chi connectivity index (χ4v) is 1.44. The minimum atomic E-state index is -0.222. The van der Waals surface area contributed by atoms with Gasteiger partial charge in [0.25, 0.3) is 5.56 Å². The van der Waals surface area contributed by atoms with E-state index in [0.717, 1.165) is 6.42 Å². The molecule has 0 amide bonds. The van der Waals surface area contributed by atoms with Crippen molar-refractivity contribution in [1.29, 1.82) is 0 Å². The first-order valence-corrected chi connectivity index (χ1v) is 4.96. The summed E-state index contributed by atoms with van der Waals surface area (Å²) in [5.74, 6) is 0.948. The van der Waals surface area contributed by atoms with Crippen molar-refractivity contribution in [2.75, 3.05) is 5.73 Å². The normalized spacial score (nSPS) is 10.6. The average Bonchev–Trinajstić information content (AvgIpc) is 2.76. The summed E-state index contributed by atoms with van der Waals surface area (Å²) in [6.45, 7) is 1.98. The second-order valence-corrected chi connectivity index (χ2v) is 3.36. The van der Waals surface area contributed by atoms with Crippen LogP contribution in [-0.4, -0.2) is 25.1 Å². The highest BCUT2D eigenvalue weighted by Gasteiger charge is 2.10. The van der Waals surface area contributed by atoms with Gasteiger partial charge in [-0.05, 0) is 6.42 Å². The molecule has 4 N–H and O–H groups in total. The number of H-pyrrole nitrogens is 2. The Morgan fingerprint density at radius 3 is 2.81 bits per heavy atom. The number of nitrogen functional groups attached to an aromatic ring is 1. The van der Waals surface area contributed by atoms with Crippen LogP contribution in [0.15, 0.2) is 11.1 Å². The van der Waals surface area contributed by atoms with Crippen LogP contribution in [0, 0.1) is 0 Å². The second-order valence-electron chi connectivity index (χ2n) is 3.36. The summed E-state index contributed by atoms with van der Waals surface area (Å²) in [5.41, 5.74) is 6.02. The van der Waals surface area contributed by atoms with E-state index >= 15 is 0 Å². The van der Waals surface area contributed by atoms with Gasteiger partial charge in [0, 0.05) is 0 Å². The van der Waals surface area contributed by atoms with Crippen molar-refractivity contribution in [3.05, 3.63) is 22.2 Å². The highest BCUT2D eigenvalue weighted by molar-refractivity contribution is 5.48. The van der Waals surface area contributed by atoms with Crippen LogP contribution in [0.5, 0.6) is 0 Å². The third-order valence-corrected chi connectivity index (χ3v) is 2.19. The van der Waals surface area contributed by atoms with Gasteiger partial charge in [-0.3, -0.25) is 9.89 Å². The van der Waals surface area contributed by atoms with Gasteiger partial charge >= 0.3 is 0 Å². The number of aromatic nitrogens is 5. The smallest absolute Gasteiger partial charge is 0.256 e. The lowest BCUT2D eigenvalue weighted by molar-refractivity contribution is 0.889. The highest BCUT2D eigenvalue weighted by Crippen LogP contribution is 2.10. The van der Waals surface area contributed by atoms with Crippen molar-refractivity contribution >= 4 is 5.82 Å². The third kappa shape index (κ3) is 1.79. The van der Waals surface area contributed by atoms with Crippen LogP contribution in [0.1, 0.15) is 18.9 Å². The number of nitrogens with zero attached hydrogens (tertiary/aromatic N) is 3. The molecule has 0 fully saturated rings. The van der Waals surface area contributed by atoms with Gasteiger partial charge < -0.3 is 10.7 Å². The zero-order valence-electron chi connectivity index (χ0n) is 8.82. The van der Waals surface area contributed by atoms with Crippen LogP contribution >= 0.6 is 0 Å². The predicted octanol–water partition coefficient (Wildman–Crippen LogP) is 0.0897. The summed E-state index contributed by atoms with van der Waals surface area (Å²) in [7, 11) is 0. The molecule has 0 aliphatic carbocycles. The Morgan fingerprint density at radius 2 is 2.25 bits per heavy atom. The molecule has 16 heavy (non-hydrogen) atoms. The summed E-state index contributed by atoms with van der Waals surface area (Å²) in [6, 6.07) is 0. The largest absolute Gasteiger partial charge is 0.383 e. The molecule has 0 saturated carbocycles. The van der Waals surface area contributed by atoms with Gasteiger partial charge in [-0.2, -0.15) is 5.10 Å². The molecule has 2 aromatic heterocycles. The Bertz CT molecular complexity index is 529. The summed E-state index contributed by atoms with van der Waals surface area (Å²) in [4.78, 5) is 22.3. The van der Waals surface area contributed by atoms with E-state index in [1.54, 1.807) is 0 Å². The Kier molecular flexibility index (Phi) is 2.67. The van der Waals surface area contributed by atoms with Crippen molar-refractivity contribution in [1.82, 2.24) is 25.1 Å². The number of hydrogen-bond acceptors (Lipinski definition) is 5. The van der Waals surface area contributed by atoms with Gasteiger partial charge in [0.15, 0.2) is 11.6 Å². The molecule has 0 radical (unpaired) electrons. The zero-order chi connectivity index (χ0) is 11.5. The SMILES string of the molecule is CCCc1c(N)nc(-c2ncn[nH]2)[nH]c1=O. The topological polar surface area (TPSA) is 113 Å². The number of rotatable bonds is 3. The maximum Gasteiger partial charge on any atom is 0.256 e. The zero-order valence-corrected chi connectivity index (χ0v) is 8.82. The lowest BCUT2D eigenvalue weighted by Gasteiger charge is -2.03. The standard InChI is InChI=1S/C9H12N6O/c1-2-3-5-6(10)13-8(14-9(5)16)7-11-4-12-15-7/h4H,2-3H2,1H3,(H,11,12,15)(H3,10,13,14,16). The highest BCUT2D eigenvalue weighted by atomic mass is 16.1. The van der Waals surface area contributed by atoms with E-state index in [0.29, 0.717) is 23.6 Å². The van der Waals surface area contributed by atoms with E-state index in [1.165, 1.54) is 6.33 Å². The Hall–Kier alpha value is -2.18. The quantitative estimate of drug-likeness (QED) is 0.678. The summed E-state index contributed by atoms with van der Waals surface area (Å²) < 4.78 is 0. The molecule has 2 rings (SSSR count). The van der Waals surface area contributed by atoms with Crippen molar-refractivity contribution < 1.29 is 0 Å². The maximum absolute atomic E-state index is 11.7. The molecule has 0 aromatic carbocycles. The lowest BCUT2D eigenvalue weighted by Crippen LogP contribution is -2.18. The monoisotopic (exact) mass is 220 g/mol. The molecule has 84 valence electrons. The molecule has 7 nitrogen and oxygen atoms in total. The van der Waals surface area contributed by atoms with Gasteiger partial charge in [0.05, 0.1) is 5.56 Å². The Morgan fingerprint density at radius 1 is 1.44 bits per heavy atom. The van der Waals surface area contributed by atoms with Crippen molar-refractivity contribution in [2.24, 2.45) is 0 Å². The van der Waals surface area contributed by atoms with Gasteiger partial charge in [-0.15, -0.1) is 0 Å². The van der Waals surface area contributed by atoms with Gasteiger partial charge in [-0.1, -0.05) is 13.3 Å². The van der Waals surface area contributed by atoms with Crippen LogP contribution in [0.4, 0.5) is 5.82 Å². The first-order valence-electron chi connectivity index (χ1n) is 4.96. The van der Waals surface area contributed by atoms with Crippen LogP contribution in [0.3, 0.4) is 0 Å². The number of anilines is 1.